The van der Waals surface area contributed by atoms with E-state index in [1.807, 2.05) is 0 Å². The van der Waals surface area contributed by atoms with E-state index in [0.717, 1.165) is 47.4 Å². The molecule has 1 unspecified atom stereocenters. The second-order valence-electron chi connectivity index (χ2n) is 11.1. The summed E-state index contributed by atoms with van der Waals surface area (Å²) in [5.41, 5.74) is -0.307. The minimum atomic E-state index is -4.96. The number of rotatable bonds is 9. The molecule has 2 aliphatic carbocycles. The number of anilines is 1. The van der Waals surface area contributed by atoms with Gasteiger partial charge in [0, 0.05) is 23.0 Å². The highest BCUT2D eigenvalue weighted by molar-refractivity contribution is 6.01. The fourth-order valence-electron chi connectivity index (χ4n) is 6.03. The van der Waals surface area contributed by atoms with Gasteiger partial charge >= 0.3 is 12.5 Å². The summed E-state index contributed by atoms with van der Waals surface area (Å²) < 4.78 is 90.5. The van der Waals surface area contributed by atoms with Crippen LogP contribution in [0.3, 0.4) is 0 Å². The van der Waals surface area contributed by atoms with Crippen LogP contribution in [0.2, 0.25) is 0 Å². The lowest BCUT2D eigenvalue weighted by Gasteiger charge is -2.33. The van der Waals surface area contributed by atoms with E-state index in [0.29, 0.717) is 36.3 Å². The fraction of sp³-hybridized carbons (Fsp3) is 0.452. The summed E-state index contributed by atoms with van der Waals surface area (Å²) in [6, 6.07) is 9.25. The first kappa shape index (κ1) is 32.2. The number of benzene rings is 2. The predicted molar refractivity (Wildman–Crippen MR) is 151 cm³/mol. The Labute approximate surface area is 255 Å². The summed E-state index contributed by atoms with van der Waals surface area (Å²) in [6.07, 6.45) is -4.77. The van der Waals surface area contributed by atoms with Crippen molar-refractivity contribution in [1.29, 1.82) is 0 Å². The van der Waals surface area contributed by atoms with E-state index in [4.69, 9.17) is 4.74 Å². The number of aromatic nitrogens is 2. The molecule has 5 rings (SSSR count). The van der Waals surface area contributed by atoms with Gasteiger partial charge in [-0.15, -0.1) is 13.2 Å². The van der Waals surface area contributed by atoms with Crippen molar-refractivity contribution in [3.8, 4) is 11.5 Å². The number of fused-ring (bicyclic) bond motifs is 1. The van der Waals surface area contributed by atoms with Crippen LogP contribution in [0.25, 0.3) is 0 Å². The van der Waals surface area contributed by atoms with Crippen molar-refractivity contribution in [3.05, 3.63) is 71.0 Å². The zero-order valence-corrected chi connectivity index (χ0v) is 24.4. The summed E-state index contributed by atoms with van der Waals surface area (Å²) >= 11 is 0. The van der Waals surface area contributed by atoms with Crippen LogP contribution in [0.15, 0.2) is 48.5 Å². The Morgan fingerprint density at radius 2 is 1.56 bits per heavy atom. The lowest BCUT2D eigenvalue weighted by Crippen LogP contribution is -2.47. The minimum Gasteiger partial charge on any atom is -0.497 e. The highest BCUT2D eigenvalue weighted by Crippen LogP contribution is 2.37. The Hall–Kier alpha value is -4.23. The molecule has 1 aromatic heterocycles. The van der Waals surface area contributed by atoms with Crippen LogP contribution >= 0.6 is 0 Å². The Bertz CT molecular complexity index is 1500. The molecule has 14 heteroatoms. The quantitative estimate of drug-likeness (QED) is 0.270. The van der Waals surface area contributed by atoms with Gasteiger partial charge in [0.05, 0.1) is 7.11 Å². The van der Waals surface area contributed by atoms with Gasteiger partial charge in [-0.3, -0.25) is 19.2 Å². The van der Waals surface area contributed by atoms with Crippen molar-refractivity contribution in [2.24, 2.45) is 0 Å². The van der Waals surface area contributed by atoms with Gasteiger partial charge < -0.3 is 14.8 Å². The molecular formula is C31H32F6N4O4. The highest BCUT2D eigenvalue weighted by Gasteiger charge is 2.41. The molecule has 0 bridgehead atoms. The van der Waals surface area contributed by atoms with Crippen LogP contribution in [0.5, 0.6) is 11.5 Å². The van der Waals surface area contributed by atoms with Gasteiger partial charge in [-0.1, -0.05) is 25.0 Å². The van der Waals surface area contributed by atoms with Crippen LogP contribution in [0.1, 0.15) is 67.1 Å². The third kappa shape index (κ3) is 7.54. The van der Waals surface area contributed by atoms with E-state index >= 15 is 0 Å². The summed E-state index contributed by atoms with van der Waals surface area (Å²) in [7, 11) is 1.46. The maximum absolute atomic E-state index is 14.2. The largest absolute Gasteiger partial charge is 0.573 e. The smallest absolute Gasteiger partial charge is 0.497 e. The van der Waals surface area contributed by atoms with Gasteiger partial charge in [-0.2, -0.15) is 18.3 Å². The van der Waals surface area contributed by atoms with Crippen molar-refractivity contribution in [3.63, 3.8) is 0 Å². The van der Waals surface area contributed by atoms with Gasteiger partial charge in [-0.25, -0.2) is 0 Å². The number of ether oxygens (including phenoxy) is 2. The molecule has 0 spiro atoms. The monoisotopic (exact) mass is 638 g/mol. The molecule has 1 heterocycles. The van der Waals surface area contributed by atoms with Gasteiger partial charge in [0.1, 0.15) is 24.1 Å². The zero-order valence-electron chi connectivity index (χ0n) is 24.4. The number of nitrogens with zero attached hydrogens (tertiary/aromatic N) is 3. The summed E-state index contributed by atoms with van der Waals surface area (Å²) in [5.74, 6) is -1.41. The standard InChI is InChI=1S/C31H32F6N4O4/c1-44-22-14-10-19(11-15-22)27(29(43)38-20-6-2-3-7-20)41(21-12-16-23(17-13-21)45-31(35,36)37)26(42)18-40-25-9-5-4-8-24(25)28(39-40)30(32,33)34/h10-17,20,27H,2-9,18H2,1H3,(H,38,43). The molecule has 45 heavy (non-hydrogen) atoms. The number of halogens is 6. The van der Waals surface area contributed by atoms with Gasteiger partial charge in [0.25, 0.3) is 0 Å². The van der Waals surface area contributed by atoms with E-state index < -0.39 is 48.4 Å². The molecular weight excluding hydrogens is 606 g/mol. The first-order valence-corrected chi connectivity index (χ1v) is 14.6. The number of carbonyl (C=O) groups is 2. The molecule has 0 aliphatic heterocycles. The van der Waals surface area contributed by atoms with Crippen molar-refractivity contribution in [2.75, 3.05) is 12.0 Å². The van der Waals surface area contributed by atoms with Crippen molar-refractivity contribution in [2.45, 2.75) is 82.5 Å². The fourth-order valence-corrected chi connectivity index (χ4v) is 6.03. The number of nitrogens with one attached hydrogen (secondary N) is 1. The van der Waals surface area contributed by atoms with E-state index in [1.54, 1.807) is 24.3 Å². The molecule has 3 aromatic rings. The Morgan fingerprint density at radius 3 is 2.16 bits per heavy atom. The summed E-state index contributed by atoms with van der Waals surface area (Å²) in [4.78, 5) is 29.3. The van der Waals surface area contributed by atoms with Crippen LogP contribution in [0.4, 0.5) is 32.0 Å². The SMILES string of the molecule is COc1ccc(C(C(=O)NC2CCCC2)N(C(=O)Cn2nc(C(F)(F)F)c3c2CCCC3)c2ccc(OC(F)(F)F)cc2)cc1. The summed E-state index contributed by atoms with van der Waals surface area (Å²) in [6.45, 7) is -0.636. The number of alkyl halides is 6. The van der Waals surface area contributed by atoms with E-state index in [1.165, 1.54) is 19.2 Å². The molecule has 0 saturated heterocycles. The molecule has 1 N–H and O–H groups in total. The van der Waals surface area contributed by atoms with Crippen LogP contribution in [0, 0.1) is 0 Å². The normalized spacial score (nSPS) is 16.2. The number of hydrogen-bond acceptors (Lipinski definition) is 5. The molecule has 1 saturated carbocycles. The lowest BCUT2D eigenvalue weighted by molar-refractivity contribution is -0.274. The van der Waals surface area contributed by atoms with Crippen LogP contribution < -0.4 is 19.7 Å². The molecule has 242 valence electrons. The first-order chi connectivity index (χ1) is 21.3. The third-order valence-electron chi connectivity index (χ3n) is 8.07. The van der Waals surface area contributed by atoms with Crippen molar-refractivity contribution >= 4 is 17.5 Å². The highest BCUT2D eigenvalue weighted by atomic mass is 19.4. The molecule has 1 fully saturated rings. The molecule has 2 amide bonds. The van der Waals surface area contributed by atoms with E-state index in [-0.39, 0.29) is 23.7 Å². The topological polar surface area (TPSA) is 85.7 Å². The van der Waals surface area contributed by atoms with Crippen LogP contribution in [-0.4, -0.2) is 41.1 Å². The maximum atomic E-state index is 14.2. The molecule has 8 nitrogen and oxygen atoms in total. The number of methoxy groups -OCH3 is 1. The maximum Gasteiger partial charge on any atom is 0.573 e. The van der Waals surface area contributed by atoms with Crippen molar-refractivity contribution < 1.29 is 45.4 Å². The molecule has 2 aromatic carbocycles. The van der Waals surface area contributed by atoms with E-state index in [9.17, 15) is 35.9 Å². The average molecular weight is 639 g/mol. The summed E-state index contributed by atoms with van der Waals surface area (Å²) in [5, 5.41) is 6.78. The Kier molecular flexibility index (Phi) is 9.31. The zero-order chi connectivity index (χ0) is 32.4. The average Bonchev–Trinajstić information content (AvgIpc) is 3.64. The third-order valence-corrected chi connectivity index (χ3v) is 8.07. The van der Waals surface area contributed by atoms with Crippen LogP contribution in [-0.2, 0) is 35.2 Å². The van der Waals surface area contributed by atoms with Gasteiger partial charge in [0.15, 0.2) is 5.69 Å². The molecule has 2 aliphatic rings. The second kappa shape index (κ2) is 13.0. The predicted octanol–water partition coefficient (Wildman–Crippen LogP) is 6.52. The number of carbonyl (C=O) groups excluding carboxylic acids is 2. The number of hydrogen-bond donors (Lipinski definition) is 1. The minimum absolute atomic E-state index is 0.0361. The molecule has 0 radical (unpaired) electrons. The van der Waals surface area contributed by atoms with E-state index in [2.05, 4.69) is 15.2 Å². The van der Waals surface area contributed by atoms with Gasteiger partial charge in [0.2, 0.25) is 11.8 Å². The lowest BCUT2D eigenvalue weighted by atomic mass is 9.95. The van der Waals surface area contributed by atoms with Gasteiger partial charge in [-0.05, 0) is 80.5 Å². The Balaban J connectivity index is 1.58. The Morgan fingerprint density at radius 1 is 0.933 bits per heavy atom. The van der Waals surface area contributed by atoms with Crippen molar-refractivity contribution in [1.82, 2.24) is 15.1 Å². The first-order valence-electron chi connectivity index (χ1n) is 14.6. The molecule has 1 atom stereocenters. The number of amides is 2. The second-order valence-corrected chi connectivity index (χ2v) is 11.1.